The molecule has 0 bridgehead atoms. The molecular formula is C24H23ClN4O. The summed E-state index contributed by atoms with van der Waals surface area (Å²) in [6.07, 6.45) is 6.17. The number of carbonyl (C=O) groups excluding carboxylic acids is 1. The van der Waals surface area contributed by atoms with Crippen LogP contribution in [0.15, 0.2) is 54.7 Å². The van der Waals surface area contributed by atoms with E-state index in [1.165, 1.54) is 16.5 Å². The van der Waals surface area contributed by atoms with Crippen LogP contribution in [0.3, 0.4) is 0 Å². The lowest BCUT2D eigenvalue weighted by Gasteiger charge is -2.26. The van der Waals surface area contributed by atoms with Crippen LogP contribution < -0.4 is 5.73 Å². The maximum atomic E-state index is 11.9. The van der Waals surface area contributed by atoms with Gasteiger partial charge in [-0.1, -0.05) is 41.9 Å². The van der Waals surface area contributed by atoms with E-state index in [9.17, 15) is 4.79 Å². The Morgan fingerprint density at radius 3 is 2.80 bits per heavy atom. The van der Waals surface area contributed by atoms with E-state index >= 15 is 0 Å². The van der Waals surface area contributed by atoms with Crippen molar-refractivity contribution >= 4 is 44.9 Å². The van der Waals surface area contributed by atoms with Gasteiger partial charge in [-0.2, -0.15) is 0 Å². The third kappa shape index (κ3) is 3.40. The highest BCUT2D eigenvalue weighted by Gasteiger charge is 2.19. The normalized spacial score (nSPS) is 15.0. The molecule has 0 aliphatic carbocycles. The lowest BCUT2D eigenvalue weighted by Crippen LogP contribution is -2.30. The summed E-state index contributed by atoms with van der Waals surface area (Å²) in [7, 11) is 0. The molecule has 1 amide bonds. The highest BCUT2D eigenvalue weighted by molar-refractivity contribution is 6.31. The van der Waals surface area contributed by atoms with Gasteiger partial charge in [0.2, 0.25) is 0 Å². The maximum absolute atomic E-state index is 11.9. The van der Waals surface area contributed by atoms with E-state index < -0.39 is 5.91 Å². The van der Waals surface area contributed by atoms with Crippen molar-refractivity contribution in [2.75, 3.05) is 19.6 Å². The zero-order valence-electron chi connectivity index (χ0n) is 16.5. The van der Waals surface area contributed by atoms with Crippen molar-refractivity contribution in [1.82, 2.24) is 14.9 Å². The number of nitrogens with zero attached hydrogens (tertiary/aromatic N) is 1. The standard InChI is InChI=1S/C24H23ClN4O/c25-16-5-6-18-20(14-27-22(18)13-16)15-7-10-29(11-8-15)12-9-19-17-3-1-2-4-21(17)28-23(19)24(26)30/h1-7,13-14,27-28H,8-12H2,(H2,26,30). The summed E-state index contributed by atoms with van der Waals surface area (Å²) in [5, 5.41) is 3.04. The van der Waals surface area contributed by atoms with Crippen LogP contribution in [-0.2, 0) is 6.42 Å². The van der Waals surface area contributed by atoms with Gasteiger partial charge in [0, 0.05) is 58.2 Å². The molecule has 30 heavy (non-hydrogen) atoms. The zero-order chi connectivity index (χ0) is 20.7. The Morgan fingerprint density at radius 1 is 1.13 bits per heavy atom. The lowest BCUT2D eigenvalue weighted by atomic mass is 9.98. The highest BCUT2D eigenvalue weighted by atomic mass is 35.5. The van der Waals surface area contributed by atoms with Crippen LogP contribution in [0.5, 0.6) is 0 Å². The second-order valence-corrected chi connectivity index (χ2v) is 8.25. The summed E-state index contributed by atoms with van der Waals surface area (Å²) >= 11 is 6.10. The summed E-state index contributed by atoms with van der Waals surface area (Å²) in [6, 6.07) is 14.0. The van der Waals surface area contributed by atoms with Gasteiger partial charge in [-0.05, 0) is 42.2 Å². The molecule has 0 fully saturated rings. The van der Waals surface area contributed by atoms with E-state index in [0.29, 0.717) is 5.69 Å². The van der Waals surface area contributed by atoms with E-state index in [2.05, 4.69) is 33.2 Å². The zero-order valence-corrected chi connectivity index (χ0v) is 17.3. The van der Waals surface area contributed by atoms with E-state index in [1.54, 1.807) is 0 Å². The van der Waals surface area contributed by atoms with E-state index in [1.807, 2.05) is 36.4 Å². The topological polar surface area (TPSA) is 77.9 Å². The molecule has 4 aromatic rings. The molecule has 5 nitrogen and oxygen atoms in total. The molecule has 3 heterocycles. The average Bonchev–Trinajstić information content (AvgIpc) is 3.34. The van der Waals surface area contributed by atoms with Gasteiger partial charge in [0.25, 0.3) is 5.91 Å². The number of aromatic nitrogens is 2. The molecule has 0 saturated heterocycles. The number of amides is 1. The number of fused-ring (bicyclic) bond motifs is 2. The average molecular weight is 419 g/mol. The number of hydrogen-bond donors (Lipinski definition) is 3. The van der Waals surface area contributed by atoms with Crippen LogP contribution in [0, 0.1) is 0 Å². The SMILES string of the molecule is NC(=O)c1[nH]c2ccccc2c1CCN1CC=C(c2c[nH]c3cc(Cl)ccc23)CC1. The predicted octanol–water partition coefficient (Wildman–Crippen LogP) is 4.73. The molecule has 1 aliphatic rings. The molecule has 5 rings (SSSR count). The van der Waals surface area contributed by atoms with Gasteiger partial charge in [0.1, 0.15) is 5.69 Å². The molecule has 1 aliphatic heterocycles. The van der Waals surface area contributed by atoms with Crippen molar-refractivity contribution in [2.45, 2.75) is 12.8 Å². The fourth-order valence-corrected chi connectivity index (χ4v) is 4.64. The molecule has 0 atom stereocenters. The van der Waals surface area contributed by atoms with Gasteiger partial charge in [0.15, 0.2) is 0 Å². The third-order valence-electron chi connectivity index (χ3n) is 6.02. The number of nitrogens with two attached hydrogens (primary N) is 1. The molecule has 4 N–H and O–H groups in total. The molecule has 152 valence electrons. The quantitative estimate of drug-likeness (QED) is 0.438. The lowest BCUT2D eigenvalue weighted by molar-refractivity contribution is 0.0995. The van der Waals surface area contributed by atoms with Gasteiger partial charge in [-0.3, -0.25) is 9.69 Å². The van der Waals surface area contributed by atoms with Crippen molar-refractivity contribution in [3.8, 4) is 0 Å². The number of rotatable bonds is 5. The van der Waals surface area contributed by atoms with Crippen LogP contribution in [-0.4, -0.2) is 40.4 Å². The summed E-state index contributed by atoms with van der Waals surface area (Å²) in [5.74, 6) is -0.401. The molecule has 2 aromatic carbocycles. The van der Waals surface area contributed by atoms with Crippen LogP contribution >= 0.6 is 11.6 Å². The largest absolute Gasteiger partial charge is 0.364 e. The number of carbonyl (C=O) groups is 1. The molecule has 0 spiro atoms. The number of nitrogens with one attached hydrogen (secondary N) is 2. The minimum Gasteiger partial charge on any atom is -0.364 e. The van der Waals surface area contributed by atoms with Crippen LogP contribution in [0.25, 0.3) is 27.4 Å². The summed E-state index contributed by atoms with van der Waals surface area (Å²) in [5.41, 5.74) is 11.8. The minimum absolute atomic E-state index is 0.401. The fourth-order valence-electron chi connectivity index (χ4n) is 4.46. The first-order valence-corrected chi connectivity index (χ1v) is 10.6. The molecule has 0 unspecified atom stereocenters. The van der Waals surface area contributed by atoms with Crippen LogP contribution in [0.1, 0.15) is 28.0 Å². The molecule has 0 saturated carbocycles. The first-order chi connectivity index (χ1) is 14.6. The molecule has 0 radical (unpaired) electrons. The Morgan fingerprint density at radius 2 is 2.00 bits per heavy atom. The second-order valence-electron chi connectivity index (χ2n) is 7.81. The number of primary amides is 1. The van der Waals surface area contributed by atoms with E-state index in [4.69, 9.17) is 17.3 Å². The maximum Gasteiger partial charge on any atom is 0.265 e. The fraction of sp³-hybridized carbons (Fsp3) is 0.208. The highest BCUT2D eigenvalue weighted by Crippen LogP contribution is 2.31. The number of para-hydroxylation sites is 1. The number of aromatic amines is 2. The van der Waals surface area contributed by atoms with Gasteiger partial charge in [0.05, 0.1) is 0 Å². The van der Waals surface area contributed by atoms with E-state index in [-0.39, 0.29) is 0 Å². The first-order valence-electron chi connectivity index (χ1n) is 10.2. The summed E-state index contributed by atoms with van der Waals surface area (Å²) < 4.78 is 0. The Labute approximate surface area is 179 Å². The Kier molecular flexibility index (Phi) is 4.85. The monoisotopic (exact) mass is 418 g/mol. The number of H-pyrrole nitrogens is 2. The molecule has 2 aromatic heterocycles. The third-order valence-corrected chi connectivity index (χ3v) is 6.26. The van der Waals surface area contributed by atoms with Crippen molar-refractivity contribution in [2.24, 2.45) is 5.73 Å². The number of halogens is 1. The van der Waals surface area contributed by atoms with E-state index in [0.717, 1.165) is 59.5 Å². The van der Waals surface area contributed by atoms with Gasteiger partial charge in [-0.15, -0.1) is 0 Å². The summed E-state index contributed by atoms with van der Waals surface area (Å²) in [6.45, 7) is 2.76. The van der Waals surface area contributed by atoms with Gasteiger partial charge < -0.3 is 15.7 Å². The van der Waals surface area contributed by atoms with Crippen LogP contribution in [0.4, 0.5) is 0 Å². The first kappa shape index (κ1) is 19.0. The van der Waals surface area contributed by atoms with Crippen molar-refractivity contribution in [3.05, 3.63) is 76.6 Å². The predicted molar refractivity (Wildman–Crippen MR) is 123 cm³/mol. The smallest absolute Gasteiger partial charge is 0.265 e. The van der Waals surface area contributed by atoms with Gasteiger partial charge >= 0.3 is 0 Å². The van der Waals surface area contributed by atoms with Gasteiger partial charge in [-0.25, -0.2) is 0 Å². The number of benzene rings is 2. The molecule has 6 heteroatoms. The van der Waals surface area contributed by atoms with Crippen LogP contribution in [0.2, 0.25) is 5.02 Å². The molecular weight excluding hydrogens is 396 g/mol. The number of hydrogen-bond acceptors (Lipinski definition) is 2. The van der Waals surface area contributed by atoms with Crippen molar-refractivity contribution in [1.29, 1.82) is 0 Å². The Balaban J connectivity index is 1.32. The van der Waals surface area contributed by atoms with Crippen molar-refractivity contribution < 1.29 is 4.79 Å². The van der Waals surface area contributed by atoms with Crippen molar-refractivity contribution in [3.63, 3.8) is 0 Å². The Hall–Kier alpha value is -3.02. The Bertz CT molecular complexity index is 1280. The summed E-state index contributed by atoms with van der Waals surface area (Å²) in [4.78, 5) is 20.8. The minimum atomic E-state index is -0.401. The second kappa shape index (κ2) is 7.67.